The van der Waals surface area contributed by atoms with E-state index >= 15 is 0 Å². The summed E-state index contributed by atoms with van der Waals surface area (Å²) in [5.74, 6) is 0. The number of hydrogen-bond donors (Lipinski definition) is 2. The first kappa shape index (κ1) is 11.9. The molecule has 0 aliphatic carbocycles. The Kier molecular flexibility index (Phi) is 5.40. The average Bonchev–Trinajstić information content (AvgIpc) is 2.39. The standard InChI is InChI=1S/C10H22N2O2/c1-9-8-12(4-2-6-14-9)5-3-10(13)7-11/h9-10,13H,2-8,11H2,1H3. The molecular formula is C10H22N2O2. The Hall–Kier alpha value is -0.160. The molecule has 1 fully saturated rings. The van der Waals surface area contributed by atoms with E-state index < -0.39 is 0 Å². The van der Waals surface area contributed by atoms with Crippen molar-refractivity contribution in [3.8, 4) is 0 Å². The average molecular weight is 202 g/mol. The molecule has 84 valence electrons. The summed E-state index contributed by atoms with van der Waals surface area (Å²) in [4.78, 5) is 2.34. The third-order valence-corrected chi connectivity index (χ3v) is 2.59. The second-order valence-electron chi connectivity index (χ2n) is 4.01. The Balaban J connectivity index is 2.21. The van der Waals surface area contributed by atoms with Gasteiger partial charge in [-0.05, 0) is 19.8 Å². The zero-order valence-corrected chi connectivity index (χ0v) is 8.98. The predicted octanol–water partition coefficient (Wildman–Crippen LogP) is -0.193. The van der Waals surface area contributed by atoms with E-state index in [9.17, 15) is 5.11 Å². The normalized spacial score (nSPS) is 27.2. The van der Waals surface area contributed by atoms with Gasteiger partial charge in [0.2, 0.25) is 0 Å². The van der Waals surface area contributed by atoms with Crippen molar-refractivity contribution in [1.29, 1.82) is 0 Å². The van der Waals surface area contributed by atoms with Gasteiger partial charge in [-0.1, -0.05) is 0 Å². The third-order valence-electron chi connectivity index (χ3n) is 2.59. The summed E-state index contributed by atoms with van der Waals surface area (Å²) in [6.07, 6.45) is 1.81. The summed E-state index contributed by atoms with van der Waals surface area (Å²) in [5.41, 5.74) is 5.35. The molecule has 14 heavy (non-hydrogen) atoms. The molecule has 0 bridgehead atoms. The van der Waals surface area contributed by atoms with Crippen molar-refractivity contribution in [2.24, 2.45) is 5.73 Å². The lowest BCUT2D eigenvalue weighted by Crippen LogP contribution is -2.34. The molecule has 0 aromatic rings. The van der Waals surface area contributed by atoms with Crippen molar-refractivity contribution >= 4 is 0 Å². The van der Waals surface area contributed by atoms with Crippen LogP contribution in [0.1, 0.15) is 19.8 Å². The van der Waals surface area contributed by atoms with Crippen LogP contribution in [0.4, 0.5) is 0 Å². The van der Waals surface area contributed by atoms with Gasteiger partial charge in [-0.15, -0.1) is 0 Å². The molecule has 4 nitrogen and oxygen atoms in total. The molecule has 0 aromatic carbocycles. The lowest BCUT2D eigenvalue weighted by Gasteiger charge is -2.22. The fraction of sp³-hybridized carbons (Fsp3) is 1.00. The van der Waals surface area contributed by atoms with Crippen molar-refractivity contribution in [3.05, 3.63) is 0 Å². The van der Waals surface area contributed by atoms with Gasteiger partial charge < -0.3 is 20.5 Å². The molecule has 1 saturated heterocycles. The van der Waals surface area contributed by atoms with Gasteiger partial charge in [0.05, 0.1) is 12.2 Å². The molecule has 0 saturated carbocycles. The molecule has 0 radical (unpaired) electrons. The number of rotatable bonds is 4. The summed E-state index contributed by atoms with van der Waals surface area (Å²) in [6.45, 7) is 6.28. The molecule has 2 unspecified atom stereocenters. The van der Waals surface area contributed by atoms with Crippen LogP contribution in [0.3, 0.4) is 0 Å². The van der Waals surface area contributed by atoms with Crippen molar-refractivity contribution in [1.82, 2.24) is 4.90 Å². The minimum Gasteiger partial charge on any atom is -0.392 e. The minimum absolute atomic E-state index is 0.313. The monoisotopic (exact) mass is 202 g/mol. The Morgan fingerprint density at radius 1 is 1.64 bits per heavy atom. The van der Waals surface area contributed by atoms with Crippen molar-refractivity contribution in [2.75, 3.05) is 32.8 Å². The molecular weight excluding hydrogens is 180 g/mol. The van der Waals surface area contributed by atoms with E-state index in [0.29, 0.717) is 12.6 Å². The number of hydrogen-bond acceptors (Lipinski definition) is 4. The maximum absolute atomic E-state index is 9.34. The van der Waals surface area contributed by atoms with E-state index in [1.54, 1.807) is 0 Å². The summed E-state index contributed by atoms with van der Waals surface area (Å²) < 4.78 is 5.54. The highest BCUT2D eigenvalue weighted by atomic mass is 16.5. The lowest BCUT2D eigenvalue weighted by atomic mass is 10.2. The van der Waals surface area contributed by atoms with E-state index in [-0.39, 0.29) is 6.10 Å². The minimum atomic E-state index is -0.352. The largest absolute Gasteiger partial charge is 0.392 e. The lowest BCUT2D eigenvalue weighted by molar-refractivity contribution is 0.0648. The number of nitrogens with zero attached hydrogens (tertiary/aromatic N) is 1. The van der Waals surface area contributed by atoms with E-state index in [1.807, 2.05) is 0 Å². The van der Waals surface area contributed by atoms with Crippen LogP contribution in [0, 0.1) is 0 Å². The highest BCUT2D eigenvalue weighted by Gasteiger charge is 2.15. The number of ether oxygens (including phenoxy) is 1. The van der Waals surface area contributed by atoms with Crippen LogP contribution in [0.15, 0.2) is 0 Å². The Morgan fingerprint density at radius 3 is 3.14 bits per heavy atom. The maximum atomic E-state index is 9.34. The first-order chi connectivity index (χ1) is 6.72. The molecule has 1 aliphatic rings. The number of aliphatic hydroxyl groups excluding tert-OH is 1. The van der Waals surface area contributed by atoms with Crippen LogP contribution >= 0.6 is 0 Å². The highest BCUT2D eigenvalue weighted by Crippen LogP contribution is 2.06. The maximum Gasteiger partial charge on any atom is 0.0674 e. The molecule has 1 heterocycles. The topological polar surface area (TPSA) is 58.7 Å². The van der Waals surface area contributed by atoms with Gasteiger partial charge in [0.1, 0.15) is 0 Å². The van der Waals surface area contributed by atoms with Gasteiger partial charge in [-0.2, -0.15) is 0 Å². The van der Waals surface area contributed by atoms with Crippen LogP contribution in [0.25, 0.3) is 0 Å². The fourth-order valence-electron chi connectivity index (χ4n) is 1.73. The van der Waals surface area contributed by atoms with Gasteiger partial charge in [-0.25, -0.2) is 0 Å². The molecule has 1 aliphatic heterocycles. The molecule has 1 rings (SSSR count). The summed E-state index contributed by atoms with van der Waals surface area (Å²) in [7, 11) is 0. The predicted molar refractivity (Wildman–Crippen MR) is 56.1 cm³/mol. The van der Waals surface area contributed by atoms with Crippen LogP contribution in [0.2, 0.25) is 0 Å². The van der Waals surface area contributed by atoms with Gasteiger partial charge in [0.15, 0.2) is 0 Å². The smallest absolute Gasteiger partial charge is 0.0674 e. The van der Waals surface area contributed by atoms with Gasteiger partial charge in [0.25, 0.3) is 0 Å². The van der Waals surface area contributed by atoms with Crippen LogP contribution in [-0.2, 0) is 4.74 Å². The summed E-state index contributed by atoms with van der Waals surface area (Å²) in [6, 6.07) is 0. The van der Waals surface area contributed by atoms with Crippen molar-refractivity contribution < 1.29 is 9.84 Å². The Bertz CT molecular complexity index is 155. The highest BCUT2D eigenvalue weighted by molar-refractivity contribution is 4.68. The van der Waals surface area contributed by atoms with E-state index in [4.69, 9.17) is 10.5 Å². The zero-order valence-electron chi connectivity index (χ0n) is 8.98. The number of nitrogens with two attached hydrogens (primary N) is 1. The molecule has 2 atom stereocenters. The molecule has 0 amide bonds. The van der Waals surface area contributed by atoms with E-state index in [0.717, 1.165) is 39.1 Å². The molecule has 0 spiro atoms. The molecule has 0 aromatic heterocycles. The SMILES string of the molecule is CC1CN(CCC(O)CN)CCCO1. The first-order valence-electron chi connectivity index (χ1n) is 5.44. The summed E-state index contributed by atoms with van der Waals surface area (Å²) in [5, 5.41) is 9.34. The molecule has 3 N–H and O–H groups in total. The second kappa shape index (κ2) is 6.35. The zero-order chi connectivity index (χ0) is 10.4. The fourth-order valence-corrected chi connectivity index (χ4v) is 1.73. The van der Waals surface area contributed by atoms with E-state index in [2.05, 4.69) is 11.8 Å². The van der Waals surface area contributed by atoms with Gasteiger partial charge in [-0.3, -0.25) is 0 Å². The van der Waals surface area contributed by atoms with Crippen LogP contribution in [-0.4, -0.2) is 55.0 Å². The third kappa shape index (κ3) is 4.37. The van der Waals surface area contributed by atoms with E-state index in [1.165, 1.54) is 0 Å². The Labute approximate surface area is 86.0 Å². The molecule has 4 heteroatoms. The van der Waals surface area contributed by atoms with Gasteiger partial charge in [0, 0.05) is 32.8 Å². The Morgan fingerprint density at radius 2 is 2.43 bits per heavy atom. The second-order valence-corrected chi connectivity index (χ2v) is 4.01. The first-order valence-corrected chi connectivity index (χ1v) is 5.44. The number of aliphatic hydroxyl groups is 1. The quantitative estimate of drug-likeness (QED) is 0.663. The van der Waals surface area contributed by atoms with Crippen molar-refractivity contribution in [3.63, 3.8) is 0 Å². The summed E-state index contributed by atoms with van der Waals surface area (Å²) >= 11 is 0. The van der Waals surface area contributed by atoms with Gasteiger partial charge >= 0.3 is 0 Å². The van der Waals surface area contributed by atoms with Crippen LogP contribution in [0.5, 0.6) is 0 Å². The van der Waals surface area contributed by atoms with Crippen LogP contribution < -0.4 is 5.73 Å². The van der Waals surface area contributed by atoms with Crippen molar-refractivity contribution in [2.45, 2.75) is 32.0 Å².